The molecule has 1 atom stereocenters. The summed E-state index contributed by atoms with van der Waals surface area (Å²) in [5.74, 6) is 1.15. The molecule has 4 nitrogen and oxygen atoms in total. The highest BCUT2D eigenvalue weighted by atomic mass is 15.1. The summed E-state index contributed by atoms with van der Waals surface area (Å²) in [5, 5.41) is 3.19. The van der Waals surface area contributed by atoms with Crippen LogP contribution in [0.15, 0.2) is 23.2 Å². The van der Waals surface area contributed by atoms with E-state index in [1.165, 1.54) is 30.5 Å². The molecule has 1 saturated heterocycles. The first-order chi connectivity index (χ1) is 9.52. The molecule has 0 spiro atoms. The minimum atomic E-state index is 0.517. The lowest BCUT2D eigenvalue weighted by molar-refractivity contribution is 0.214. The van der Waals surface area contributed by atoms with E-state index in [0.29, 0.717) is 11.9 Å². The van der Waals surface area contributed by atoms with Gasteiger partial charge in [0.05, 0.1) is 0 Å². The average molecular weight is 274 g/mol. The molecule has 0 radical (unpaired) electrons. The fourth-order valence-corrected chi connectivity index (χ4v) is 2.88. The number of nitrogens with zero attached hydrogens (tertiary/aromatic N) is 2. The summed E-state index contributed by atoms with van der Waals surface area (Å²) < 4.78 is 0. The van der Waals surface area contributed by atoms with Crippen LogP contribution >= 0.6 is 0 Å². The fraction of sp³-hybridized carbons (Fsp3) is 0.562. The number of hydrogen-bond acceptors (Lipinski definition) is 2. The summed E-state index contributed by atoms with van der Waals surface area (Å²) in [7, 11) is 2.17. The highest BCUT2D eigenvalue weighted by Crippen LogP contribution is 2.16. The summed E-state index contributed by atoms with van der Waals surface area (Å²) in [5.41, 5.74) is 9.46. The predicted octanol–water partition coefficient (Wildman–Crippen LogP) is 2.37. The number of benzene rings is 1. The summed E-state index contributed by atoms with van der Waals surface area (Å²) in [6, 6.07) is 6.32. The van der Waals surface area contributed by atoms with Gasteiger partial charge in [-0.2, -0.15) is 0 Å². The summed E-state index contributed by atoms with van der Waals surface area (Å²) in [4.78, 5) is 6.87. The first-order valence-electron chi connectivity index (χ1n) is 7.36. The molecule has 110 valence electrons. The molecule has 0 aliphatic carbocycles. The number of rotatable bonds is 3. The molecule has 1 unspecified atom stereocenters. The smallest absolute Gasteiger partial charge is 0.193 e. The van der Waals surface area contributed by atoms with Gasteiger partial charge in [-0.15, -0.1) is 0 Å². The Labute approximate surface area is 122 Å². The molecule has 4 heteroatoms. The zero-order valence-corrected chi connectivity index (χ0v) is 12.8. The number of piperidine rings is 1. The molecule has 1 fully saturated rings. The number of likely N-dealkylation sites (tertiary alicyclic amines) is 1. The van der Waals surface area contributed by atoms with E-state index < -0.39 is 0 Å². The van der Waals surface area contributed by atoms with Crippen molar-refractivity contribution in [3.8, 4) is 0 Å². The van der Waals surface area contributed by atoms with Crippen molar-refractivity contribution in [3.05, 3.63) is 29.3 Å². The molecule has 20 heavy (non-hydrogen) atoms. The van der Waals surface area contributed by atoms with Crippen LogP contribution in [0.1, 0.15) is 24.0 Å². The van der Waals surface area contributed by atoms with E-state index in [-0.39, 0.29) is 0 Å². The molecule has 0 saturated carbocycles. The van der Waals surface area contributed by atoms with Crippen LogP contribution in [0.25, 0.3) is 0 Å². The van der Waals surface area contributed by atoms with Crippen LogP contribution < -0.4 is 11.1 Å². The Hall–Kier alpha value is -1.55. The van der Waals surface area contributed by atoms with Gasteiger partial charge < -0.3 is 16.0 Å². The Kier molecular flexibility index (Phi) is 5.01. The topological polar surface area (TPSA) is 53.6 Å². The molecule has 1 aromatic carbocycles. The molecule has 3 N–H and O–H groups in total. The van der Waals surface area contributed by atoms with Crippen LogP contribution in [0.4, 0.5) is 5.69 Å². The van der Waals surface area contributed by atoms with Gasteiger partial charge in [0.1, 0.15) is 0 Å². The number of nitrogens with two attached hydrogens (primary N) is 1. The molecule has 1 aliphatic rings. The molecule has 1 aliphatic heterocycles. The molecule has 0 amide bonds. The van der Waals surface area contributed by atoms with Crippen molar-refractivity contribution < 1.29 is 0 Å². The monoisotopic (exact) mass is 274 g/mol. The van der Waals surface area contributed by atoms with Crippen molar-refractivity contribution in [2.24, 2.45) is 16.6 Å². The van der Waals surface area contributed by atoms with Gasteiger partial charge in [0, 0.05) is 18.8 Å². The predicted molar refractivity (Wildman–Crippen MR) is 86.2 cm³/mol. The van der Waals surface area contributed by atoms with Gasteiger partial charge in [0.2, 0.25) is 0 Å². The second-order valence-electron chi connectivity index (χ2n) is 6.00. The summed E-state index contributed by atoms with van der Waals surface area (Å²) in [6.07, 6.45) is 2.52. The minimum absolute atomic E-state index is 0.517. The van der Waals surface area contributed by atoms with Crippen molar-refractivity contribution in [2.75, 3.05) is 32.0 Å². The standard InChI is InChI=1S/C16H26N4/c1-12-7-13(2)9-15(8-12)19-16(17)18-10-14-5-4-6-20(3)11-14/h7-9,14H,4-6,10-11H2,1-3H3,(H3,17,18,19). The fourth-order valence-electron chi connectivity index (χ4n) is 2.88. The normalized spacial score (nSPS) is 20.9. The van der Waals surface area contributed by atoms with Gasteiger partial charge in [-0.1, -0.05) is 6.07 Å². The number of guanidine groups is 1. The Balaban J connectivity index is 1.90. The van der Waals surface area contributed by atoms with Crippen molar-refractivity contribution in [1.82, 2.24) is 4.90 Å². The SMILES string of the molecule is Cc1cc(C)cc(NC(N)=NCC2CCCN(C)C2)c1. The van der Waals surface area contributed by atoms with Gasteiger partial charge in [0.25, 0.3) is 0 Å². The highest BCUT2D eigenvalue weighted by Gasteiger charge is 2.16. The van der Waals surface area contributed by atoms with E-state index in [1.807, 2.05) is 0 Å². The van der Waals surface area contributed by atoms with Gasteiger partial charge in [-0.05, 0) is 69.5 Å². The first kappa shape index (κ1) is 14.9. The van der Waals surface area contributed by atoms with Crippen LogP contribution in [0.3, 0.4) is 0 Å². The third kappa shape index (κ3) is 4.53. The first-order valence-corrected chi connectivity index (χ1v) is 7.36. The van der Waals surface area contributed by atoms with E-state index in [9.17, 15) is 0 Å². The van der Waals surface area contributed by atoms with Gasteiger partial charge in [-0.3, -0.25) is 4.99 Å². The quantitative estimate of drug-likeness (QED) is 0.657. The van der Waals surface area contributed by atoms with E-state index in [2.05, 4.69) is 54.3 Å². The lowest BCUT2D eigenvalue weighted by Gasteiger charge is -2.28. The van der Waals surface area contributed by atoms with Gasteiger partial charge in [0.15, 0.2) is 5.96 Å². The van der Waals surface area contributed by atoms with Gasteiger partial charge in [-0.25, -0.2) is 0 Å². The molecular formula is C16H26N4. The van der Waals surface area contributed by atoms with E-state index >= 15 is 0 Å². The number of anilines is 1. The maximum atomic E-state index is 5.98. The van der Waals surface area contributed by atoms with Crippen LogP contribution in [0.2, 0.25) is 0 Å². The molecule has 1 heterocycles. The largest absolute Gasteiger partial charge is 0.370 e. The second-order valence-corrected chi connectivity index (χ2v) is 6.00. The van der Waals surface area contributed by atoms with E-state index in [4.69, 9.17) is 5.73 Å². The zero-order chi connectivity index (χ0) is 14.5. The number of hydrogen-bond donors (Lipinski definition) is 2. The molecular weight excluding hydrogens is 248 g/mol. The lowest BCUT2D eigenvalue weighted by atomic mass is 9.99. The molecule has 0 bridgehead atoms. The summed E-state index contributed by atoms with van der Waals surface area (Å²) in [6.45, 7) is 7.32. The number of aliphatic imine (C=N–C) groups is 1. The Morgan fingerprint density at radius 1 is 1.35 bits per heavy atom. The summed E-state index contributed by atoms with van der Waals surface area (Å²) >= 11 is 0. The Morgan fingerprint density at radius 2 is 2.05 bits per heavy atom. The van der Waals surface area contributed by atoms with Gasteiger partial charge >= 0.3 is 0 Å². The molecule has 1 aromatic rings. The third-order valence-electron chi connectivity index (χ3n) is 3.74. The van der Waals surface area contributed by atoms with Crippen LogP contribution in [0, 0.1) is 19.8 Å². The highest BCUT2D eigenvalue weighted by molar-refractivity contribution is 5.92. The maximum absolute atomic E-state index is 5.98. The van der Waals surface area contributed by atoms with Crippen LogP contribution in [-0.2, 0) is 0 Å². The zero-order valence-electron chi connectivity index (χ0n) is 12.8. The maximum Gasteiger partial charge on any atom is 0.193 e. The third-order valence-corrected chi connectivity index (χ3v) is 3.74. The van der Waals surface area contributed by atoms with Crippen molar-refractivity contribution in [1.29, 1.82) is 0 Å². The number of nitrogens with one attached hydrogen (secondary N) is 1. The van der Waals surface area contributed by atoms with Crippen molar-refractivity contribution >= 4 is 11.6 Å². The average Bonchev–Trinajstić information content (AvgIpc) is 2.35. The van der Waals surface area contributed by atoms with Crippen LogP contribution in [-0.4, -0.2) is 37.5 Å². The molecule has 2 rings (SSSR count). The van der Waals surface area contributed by atoms with E-state index in [1.54, 1.807) is 0 Å². The minimum Gasteiger partial charge on any atom is -0.370 e. The second kappa shape index (κ2) is 6.75. The van der Waals surface area contributed by atoms with Crippen molar-refractivity contribution in [3.63, 3.8) is 0 Å². The lowest BCUT2D eigenvalue weighted by Crippen LogP contribution is -2.34. The van der Waals surface area contributed by atoms with E-state index in [0.717, 1.165) is 18.8 Å². The van der Waals surface area contributed by atoms with Crippen molar-refractivity contribution in [2.45, 2.75) is 26.7 Å². The van der Waals surface area contributed by atoms with Crippen LogP contribution in [0.5, 0.6) is 0 Å². The Morgan fingerprint density at radius 3 is 2.70 bits per heavy atom. The Bertz CT molecular complexity index is 461. The number of aryl methyl sites for hydroxylation is 2. The molecule has 0 aromatic heterocycles.